The van der Waals surface area contributed by atoms with Crippen molar-refractivity contribution < 1.29 is 14.3 Å². The number of rotatable bonds is 6. The number of benzene rings is 2. The van der Waals surface area contributed by atoms with Gasteiger partial charge in [0.15, 0.2) is 0 Å². The van der Waals surface area contributed by atoms with Crippen LogP contribution >= 0.6 is 15.9 Å². The highest BCUT2D eigenvalue weighted by atomic mass is 79.9. The first kappa shape index (κ1) is 20.4. The Morgan fingerprint density at radius 1 is 1.07 bits per heavy atom. The second kappa shape index (κ2) is 9.71. The van der Waals surface area contributed by atoms with Gasteiger partial charge in [0.25, 0.3) is 5.91 Å². The predicted octanol–water partition coefficient (Wildman–Crippen LogP) is 2.53. The van der Waals surface area contributed by atoms with Gasteiger partial charge in [0.2, 0.25) is 5.91 Å². The second-order valence-electron chi connectivity index (χ2n) is 6.66. The number of halogens is 1. The number of piperazine rings is 1. The Hall–Kier alpha value is -2.38. The summed E-state index contributed by atoms with van der Waals surface area (Å²) in [6.45, 7) is 3.31. The molecule has 28 heavy (non-hydrogen) atoms. The number of para-hydroxylation sites is 1. The third-order valence-corrected chi connectivity index (χ3v) is 5.20. The van der Waals surface area contributed by atoms with Crippen molar-refractivity contribution in [3.63, 3.8) is 0 Å². The van der Waals surface area contributed by atoms with Gasteiger partial charge >= 0.3 is 0 Å². The molecule has 3 rings (SSSR count). The minimum Gasteiger partial charge on any atom is -0.488 e. The molecule has 1 fully saturated rings. The molecule has 6 nitrogen and oxygen atoms in total. The van der Waals surface area contributed by atoms with Gasteiger partial charge in [-0.1, -0.05) is 40.2 Å². The zero-order valence-electron chi connectivity index (χ0n) is 15.9. The summed E-state index contributed by atoms with van der Waals surface area (Å²) >= 11 is 3.46. The van der Waals surface area contributed by atoms with E-state index in [2.05, 4.69) is 26.1 Å². The summed E-state index contributed by atoms with van der Waals surface area (Å²) in [6, 6.07) is 15.2. The minimum atomic E-state index is -0.0376. The summed E-state index contributed by atoms with van der Waals surface area (Å²) in [6.07, 6.45) is 0. The SMILES string of the molecule is CNC(=O)CN1CCN(C(=O)c2ccccc2OCc2cccc(Br)c2)CC1. The lowest BCUT2D eigenvalue weighted by Crippen LogP contribution is -2.50. The minimum absolute atomic E-state index is 0.00827. The van der Waals surface area contributed by atoms with Gasteiger partial charge in [0, 0.05) is 37.7 Å². The predicted molar refractivity (Wildman–Crippen MR) is 111 cm³/mol. The number of hydrogen-bond donors (Lipinski definition) is 1. The normalized spacial score (nSPS) is 14.6. The Kier molecular flexibility index (Phi) is 7.06. The third-order valence-electron chi connectivity index (χ3n) is 4.71. The largest absolute Gasteiger partial charge is 0.488 e. The van der Waals surface area contributed by atoms with Crippen LogP contribution in [0.15, 0.2) is 53.0 Å². The smallest absolute Gasteiger partial charge is 0.257 e. The first-order chi connectivity index (χ1) is 13.6. The zero-order chi connectivity index (χ0) is 19.9. The van der Waals surface area contributed by atoms with Crippen LogP contribution in [0, 0.1) is 0 Å². The molecule has 0 spiro atoms. The van der Waals surface area contributed by atoms with E-state index < -0.39 is 0 Å². The molecule has 0 aliphatic carbocycles. The fraction of sp³-hybridized carbons (Fsp3) is 0.333. The second-order valence-corrected chi connectivity index (χ2v) is 7.57. The summed E-state index contributed by atoms with van der Waals surface area (Å²) in [7, 11) is 1.63. The molecule has 7 heteroatoms. The molecule has 0 saturated carbocycles. The van der Waals surface area contributed by atoms with Crippen molar-refractivity contribution in [2.75, 3.05) is 39.8 Å². The Bertz CT molecular complexity index is 835. The maximum Gasteiger partial charge on any atom is 0.257 e. The van der Waals surface area contributed by atoms with Gasteiger partial charge in [0.05, 0.1) is 12.1 Å². The highest BCUT2D eigenvalue weighted by Gasteiger charge is 2.25. The molecule has 1 saturated heterocycles. The van der Waals surface area contributed by atoms with Crippen LogP contribution in [-0.2, 0) is 11.4 Å². The Labute approximate surface area is 173 Å². The lowest BCUT2D eigenvalue weighted by Gasteiger charge is -2.34. The van der Waals surface area contributed by atoms with Crippen LogP contribution in [0.2, 0.25) is 0 Å². The number of carbonyl (C=O) groups is 2. The van der Waals surface area contributed by atoms with Gasteiger partial charge < -0.3 is 15.0 Å². The van der Waals surface area contributed by atoms with Gasteiger partial charge in [0.1, 0.15) is 12.4 Å². The van der Waals surface area contributed by atoms with Gasteiger partial charge in [-0.3, -0.25) is 14.5 Å². The molecule has 1 N–H and O–H groups in total. The number of amides is 2. The Morgan fingerprint density at radius 2 is 1.82 bits per heavy atom. The van der Waals surface area contributed by atoms with Crippen molar-refractivity contribution >= 4 is 27.7 Å². The molecule has 2 aromatic rings. The molecule has 0 aromatic heterocycles. The van der Waals surface area contributed by atoms with Gasteiger partial charge in [-0.25, -0.2) is 0 Å². The molecular formula is C21H24BrN3O3. The van der Waals surface area contributed by atoms with Crippen molar-refractivity contribution in [1.82, 2.24) is 15.1 Å². The average Bonchev–Trinajstić information content (AvgIpc) is 2.72. The van der Waals surface area contributed by atoms with E-state index in [0.717, 1.165) is 10.0 Å². The van der Waals surface area contributed by atoms with E-state index >= 15 is 0 Å². The van der Waals surface area contributed by atoms with Crippen molar-refractivity contribution in [3.05, 3.63) is 64.1 Å². The highest BCUT2D eigenvalue weighted by Crippen LogP contribution is 2.22. The van der Waals surface area contributed by atoms with E-state index in [1.54, 1.807) is 13.1 Å². The Balaban J connectivity index is 1.62. The zero-order valence-corrected chi connectivity index (χ0v) is 17.4. The van der Waals surface area contributed by atoms with E-state index in [4.69, 9.17) is 4.74 Å². The number of likely N-dealkylation sites (N-methyl/N-ethyl adjacent to an activating group) is 1. The standard InChI is InChI=1S/C21H24BrN3O3/c1-23-20(26)14-24-9-11-25(12-10-24)21(27)18-7-2-3-8-19(18)28-15-16-5-4-6-17(22)13-16/h2-8,13H,9-12,14-15H2,1H3,(H,23,26). The van der Waals surface area contributed by atoms with Crippen LogP contribution in [0.4, 0.5) is 0 Å². The van der Waals surface area contributed by atoms with Gasteiger partial charge in [-0.15, -0.1) is 0 Å². The molecule has 0 atom stereocenters. The van der Waals surface area contributed by atoms with Crippen molar-refractivity contribution in [2.45, 2.75) is 6.61 Å². The monoisotopic (exact) mass is 445 g/mol. The maximum absolute atomic E-state index is 13.0. The quantitative estimate of drug-likeness (QED) is 0.741. The van der Waals surface area contributed by atoms with E-state index in [1.165, 1.54) is 0 Å². The number of hydrogen-bond acceptors (Lipinski definition) is 4. The summed E-state index contributed by atoms with van der Waals surface area (Å²) in [5, 5.41) is 2.63. The third kappa shape index (κ3) is 5.33. The van der Waals surface area contributed by atoms with Crippen LogP contribution in [0.25, 0.3) is 0 Å². The highest BCUT2D eigenvalue weighted by molar-refractivity contribution is 9.10. The molecule has 2 aromatic carbocycles. The Morgan fingerprint density at radius 3 is 2.54 bits per heavy atom. The molecule has 0 bridgehead atoms. The van der Waals surface area contributed by atoms with E-state index in [-0.39, 0.29) is 11.8 Å². The lowest BCUT2D eigenvalue weighted by atomic mass is 10.1. The lowest BCUT2D eigenvalue weighted by molar-refractivity contribution is -0.122. The number of ether oxygens (including phenoxy) is 1. The fourth-order valence-electron chi connectivity index (χ4n) is 3.12. The van der Waals surface area contributed by atoms with Crippen molar-refractivity contribution in [1.29, 1.82) is 0 Å². The average molecular weight is 446 g/mol. The van der Waals surface area contributed by atoms with Crippen LogP contribution in [0.3, 0.4) is 0 Å². The van der Waals surface area contributed by atoms with Crippen LogP contribution in [0.1, 0.15) is 15.9 Å². The topological polar surface area (TPSA) is 61.9 Å². The molecule has 0 radical (unpaired) electrons. The van der Waals surface area contributed by atoms with Crippen LogP contribution in [0.5, 0.6) is 5.75 Å². The first-order valence-electron chi connectivity index (χ1n) is 9.25. The van der Waals surface area contributed by atoms with Crippen LogP contribution < -0.4 is 10.1 Å². The summed E-state index contributed by atoms with van der Waals surface area (Å²) in [5.41, 5.74) is 1.59. The van der Waals surface area contributed by atoms with Gasteiger partial charge in [-0.2, -0.15) is 0 Å². The fourth-order valence-corrected chi connectivity index (χ4v) is 3.57. The van der Waals surface area contributed by atoms with E-state index in [0.29, 0.717) is 50.6 Å². The maximum atomic E-state index is 13.0. The molecule has 1 aliphatic rings. The molecule has 1 aliphatic heterocycles. The number of nitrogens with one attached hydrogen (secondary N) is 1. The first-order valence-corrected chi connectivity index (χ1v) is 10.0. The summed E-state index contributed by atoms with van der Waals surface area (Å²) in [5.74, 6) is 0.538. The molecule has 0 unspecified atom stereocenters. The van der Waals surface area contributed by atoms with E-state index in [9.17, 15) is 9.59 Å². The number of carbonyl (C=O) groups excluding carboxylic acids is 2. The molecule has 1 heterocycles. The number of nitrogens with zero attached hydrogens (tertiary/aromatic N) is 2. The van der Waals surface area contributed by atoms with Gasteiger partial charge in [-0.05, 0) is 29.8 Å². The molecule has 148 valence electrons. The molecular weight excluding hydrogens is 422 g/mol. The van der Waals surface area contributed by atoms with Crippen molar-refractivity contribution in [3.8, 4) is 5.75 Å². The summed E-state index contributed by atoms with van der Waals surface area (Å²) in [4.78, 5) is 28.4. The van der Waals surface area contributed by atoms with Crippen molar-refractivity contribution in [2.24, 2.45) is 0 Å². The van der Waals surface area contributed by atoms with Crippen LogP contribution in [-0.4, -0.2) is 61.4 Å². The van der Waals surface area contributed by atoms with E-state index in [1.807, 2.05) is 47.4 Å². The summed E-state index contributed by atoms with van der Waals surface area (Å²) < 4.78 is 6.94. The molecule has 2 amide bonds.